The van der Waals surface area contributed by atoms with Gasteiger partial charge in [0.1, 0.15) is 23.7 Å². The van der Waals surface area contributed by atoms with E-state index in [1.807, 2.05) is 30.3 Å². The summed E-state index contributed by atoms with van der Waals surface area (Å²) in [6.07, 6.45) is 2.04. The summed E-state index contributed by atoms with van der Waals surface area (Å²) in [6.45, 7) is 3.90. The number of hydrogen-bond acceptors (Lipinski definition) is 10. The Labute approximate surface area is 315 Å². The van der Waals surface area contributed by atoms with E-state index in [9.17, 15) is 33.5 Å². The zero-order chi connectivity index (χ0) is 37.0. The first-order valence-corrected chi connectivity index (χ1v) is 18.8. The lowest BCUT2D eigenvalue weighted by Crippen LogP contribution is -2.52. The lowest BCUT2D eigenvalue weighted by atomic mass is 10.0. The molecule has 5 amide bonds. The average Bonchev–Trinajstić information content (AvgIpc) is 3.85. The van der Waals surface area contributed by atoms with E-state index >= 15 is 0 Å². The number of aromatic nitrogens is 1. The Hall–Kier alpha value is -5.19. The Morgan fingerprint density at radius 2 is 1.79 bits per heavy atom. The molecule has 8 rings (SSSR count). The van der Waals surface area contributed by atoms with Crippen LogP contribution in [0.3, 0.4) is 0 Å². The first kappa shape index (κ1) is 34.9. The van der Waals surface area contributed by atoms with Crippen LogP contribution < -0.4 is 15.5 Å². The number of carbonyl (C=O) groups is 5. The van der Waals surface area contributed by atoms with Crippen molar-refractivity contribution >= 4 is 67.6 Å². The summed E-state index contributed by atoms with van der Waals surface area (Å²) >= 11 is 4.86. The van der Waals surface area contributed by atoms with Crippen molar-refractivity contribution < 1.29 is 33.5 Å². The molecule has 13 nitrogen and oxygen atoms in total. The van der Waals surface area contributed by atoms with Crippen LogP contribution in [0.2, 0.25) is 0 Å². The van der Waals surface area contributed by atoms with Crippen LogP contribution in [0.4, 0.5) is 15.2 Å². The number of halogens is 2. The monoisotopic (exact) mass is 801 g/mol. The molecule has 5 heterocycles. The Bertz CT molecular complexity index is 2180. The molecule has 1 aromatic heterocycles. The summed E-state index contributed by atoms with van der Waals surface area (Å²) < 4.78 is 15.2. The number of carbonyl (C=O) groups excluding carboxylic acids is 5. The van der Waals surface area contributed by atoms with E-state index in [-0.39, 0.29) is 36.1 Å². The highest BCUT2D eigenvalue weighted by atomic mass is 79.9. The average molecular weight is 803 g/mol. The molecule has 4 aliphatic heterocycles. The van der Waals surface area contributed by atoms with Gasteiger partial charge in [-0.3, -0.25) is 39.5 Å². The third-order valence-electron chi connectivity index (χ3n) is 10.3. The van der Waals surface area contributed by atoms with Gasteiger partial charge in [0.05, 0.1) is 0 Å². The Balaban J connectivity index is 0.937. The van der Waals surface area contributed by atoms with Gasteiger partial charge in [-0.1, -0.05) is 28.1 Å². The highest BCUT2D eigenvalue weighted by molar-refractivity contribution is 9.10. The molecule has 16 heteroatoms. The molecule has 0 bridgehead atoms. The number of aromatic hydroxyl groups is 1. The van der Waals surface area contributed by atoms with Crippen molar-refractivity contribution in [1.29, 1.82) is 0 Å². The van der Waals surface area contributed by atoms with Crippen LogP contribution in [-0.4, -0.2) is 86.5 Å². The van der Waals surface area contributed by atoms with Crippen LogP contribution in [0, 0.1) is 5.82 Å². The van der Waals surface area contributed by atoms with E-state index in [1.165, 1.54) is 28.5 Å². The fraction of sp³-hybridized carbons (Fsp3) is 0.297. The Kier molecular flexibility index (Phi) is 9.20. The second-order valence-electron chi connectivity index (χ2n) is 13.5. The highest BCUT2D eigenvalue weighted by Crippen LogP contribution is 2.38. The number of thiazole rings is 1. The lowest BCUT2D eigenvalue weighted by molar-refractivity contribution is -0.137. The van der Waals surface area contributed by atoms with E-state index in [2.05, 4.69) is 41.3 Å². The number of hydrogen-bond donors (Lipinski definition) is 3. The summed E-state index contributed by atoms with van der Waals surface area (Å²) in [6, 6.07) is 10.8. The number of nitrogens with zero attached hydrogens (tertiary/aromatic N) is 5. The zero-order valence-corrected chi connectivity index (χ0v) is 30.6. The van der Waals surface area contributed by atoms with Crippen molar-refractivity contribution in [2.24, 2.45) is 0 Å². The molecular weight excluding hydrogens is 769 g/mol. The first-order chi connectivity index (χ1) is 25.5. The number of piperazine rings is 1. The molecular formula is C37H33BrFN7O6S. The van der Waals surface area contributed by atoms with Crippen molar-refractivity contribution in [3.05, 3.63) is 104 Å². The van der Waals surface area contributed by atoms with Crippen molar-refractivity contribution in [1.82, 2.24) is 25.0 Å². The molecule has 0 saturated carbocycles. The van der Waals surface area contributed by atoms with Gasteiger partial charge in [0, 0.05) is 90.7 Å². The predicted octanol–water partition coefficient (Wildman–Crippen LogP) is 4.17. The topological polar surface area (TPSA) is 155 Å². The van der Waals surface area contributed by atoms with Gasteiger partial charge in [-0.05, 0) is 59.5 Å². The lowest BCUT2D eigenvalue weighted by Gasteiger charge is -2.36. The molecule has 4 aromatic rings. The van der Waals surface area contributed by atoms with Crippen LogP contribution >= 0.6 is 27.3 Å². The second kappa shape index (κ2) is 14.0. The maximum Gasteiger partial charge on any atom is 0.255 e. The quantitative estimate of drug-likeness (QED) is 0.223. The Morgan fingerprint density at radius 1 is 1.00 bits per heavy atom. The number of rotatable bonds is 8. The molecule has 53 heavy (non-hydrogen) atoms. The van der Waals surface area contributed by atoms with Crippen LogP contribution in [0.15, 0.2) is 64.6 Å². The number of fused-ring (bicyclic) bond motifs is 2. The Morgan fingerprint density at radius 3 is 2.55 bits per heavy atom. The number of nitrogens with one attached hydrogen (secondary N) is 2. The minimum atomic E-state index is -1.31. The second-order valence-corrected chi connectivity index (χ2v) is 15.2. The summed E-state index contributed by atoms with van der Waals surface area (Å²) in [4.78, 5) is 76.4. The van der Waals surface area contributed by atoms with Gasteiger partial charge in [-0.2, -0.15) is 0 Å². The molecule has 0 radical (unpaired) electrons. The van der Waals surface area contributed by atoms with Gasteiger partial charge in [-0.25, -0.2) is 9.37 Å². The van der Waals surface area contributed by atoms with E-state index in [0.717, 1.165) is 52.1 Å². The predicted molar refractivity (Wildman–Crippen MR) is 196 cm³/mol. The van der Waals surface area contributed by atoms with Crippen molar-refractivity contribution in [2.45, 2.75) is 44.6 Å². The zero-order valence-electron chi connectivity index (χ0n) is 28.2. The minimum Gasteiger partial charge on any atom is -0.508 e. The fourth-order valence-corrected chi connectivity index (χ4v) is 8.54. The maximum absolute atomic E-state index is 14.4. The number of amides is 5. The number of benzene rings is 3. The van der Waals surface area contributed by atoms with Gasteiger partial charge in [-0.15, -0.1) is 11.3 Å². The van der Waals surface area contributed by atoms with Crippen molar-refractivity contribution in [3.8, 4) is 5.75 Å². The number of phenolic OH excluding ortho intramolecular Hbond substituents is 1. The van der Waals surface area contributed by atoms with E-state index < -0.39 is 35.6 Å². The molecule has 2 atom stereocenters. The maximum atomic E-state index is 14.4. The number of piperidine rings is 1. The summed E-state index contributed by atoms with van der Waals surface area (Å²) in [7, 11) is 0. The molecule has 4 aliphatic rings. The van der Waals surface area contributed by atoms with Crippen molar-refractivity contribution in [3.63, 3.8) is 0 Å². The smallest absolute Gasteiger partial charge is 0.255 e. The molecule has 0 aliphatic carbocycles. The van der Waals surface area contributed by atoms with Gasteiger partial charge in [0.25, 0.3) is 17.7 Å². The summed E-state index contributed by atoms with van der Waals surface area (Å²) in [5.41, 5.74) is 4.43. The largest absolute Gasteiger partial charge is 0.508 e. The van der Waals surface area contributed by atoms with Gasteiger partial charge in [0.15, 0.2) is 5.13 Å². The fourth-order valence-electron chi connectivity index (χ4n) is 7.54. The third kappa shape index (κ3) is 6.66. The van der Waals surface area contributed by atoms with Gasteiger partial charge >= 0.3 is 0 Å². The number of imide groups is 1. The van der Waals surface area contributed by atoms with Crippen LogP contribution in [0.25, 0.3) is 0 Å². The summed E-state index contributed by atoms with van der Waals surface area (Å²) in [5, 5.41) is 17.7. The first-order valence-electron chi connectivity index (χ1n) is 17.1. The molecule has 3 N–H and O–H groups in total. The molecule has 2 unspecified atom stereocenters. The van der Waals surface area contributed by atoms with Gasteiger partial charge < -0.3 is 19.8 Å². The highest BCUT2D eigenvalue weighted by Gasteiger charge is 2.41. The van der Waals surface area contributed by atoms with E-state index in [0.29, 0.717) is 48.9 Å². The number of anilines is 2. The third-order valence-corrected chi connectivity index (χ3v) is 11.7. The number of phenols is 1. The molecule has 2 saturated heterocycles. The molecule has 3 aromatic carbocycles. The van der Waals surface area contributed by atoms with Crippen LogP contribution in [0.5, 0.6) is 5.75 Å². The standard InChI is InChI=1S/C37H33BrFN7O6S/c38-28-16-26-21(19-45(35(26)51)29-4-6-31(48)41-33(29)49)13-22(28)17-43-8-10-44(11-9-43)24-3-1-20-18-46(36(52)25(20)15-24)32(27-14-23(39)2-5-30(27)47)34(50)42-37-40-7-12-53-37/h1-3,5,7,12-16,29,32,47H,4,6,8-11,17-19H2,(H,40,42,50)(H,41,48,49). The van der Waals surface area contributed by atoms with Crippen molar-refractivity contribution in [2.75, 3.05) is 36.4 Å². The SMILES string of the molecule is O=C1CCC(N2Cc3cc(CN4CCN(c5ccc6c(c5)C(=O)N(C(C(=O)Nc5nccs5)c5cc(F)ccc5O)C6)CC4)c(Br)cc3C2=O)C(=O)N1. The van der Waals surface area contributed by atoms with E-state index in [4.69, 9.17) is 0 Å². The van der Waals surface area contributed by atoms with Gasteiger partial charge in [0.2, 0.25) is 11.8 Å². The normalized spacial score (nSPS) is 19.4. The molecule has 272 valence electrons. The molecule has 0 spiro atoms. The van der Waals surface area contributed by atoms with Crippen LogP contribution in [0.1, 0.15) is 61.9 Å². The van der Waals surface area contributed by atoms with E-state index in [1.54, 1.807) is 10.3 Å². The molecule has 2 fully saturated rings. The van der Waals surface area contributed by atoms with Crippen LogP contribution in [-0.2, 0) is 34.0 Å². The minimum absolute atomic E-state index is 0.0233. The summed E-state index contributed by atoms with van der Waals surface area (Å²) in [5.74, 6) is -2.95.